The molecule has 4 aromatic rings. The Morgan fingerprint density at radius 1 is 1.19 bits per heavy atom. The highest BCUT2D eigenvalue weighted by molar-refractivity contribution is 6.29. The molecule has 4 aromatic heterocycles. The number of ether oxygens (including phenoxy) is 1. The largest absolute Gasteiger partial charge is 0.474 e. The number of nitrogen functional groups attached to an aromatic ring is 1. The predicted octanol–water partition coefficient (Wildman–Crippen LogP) is 5.35. The Labute approximate surface area is 220 Å². The van der Waals surface area contributed by atoms with E-state index in [9.17, 15) is 4.39 Å². The Hall–Kier alpha value is -3.79. The van der Waals surface area contributed by atoms with E-state index < -0.39 is 5.67 Å². The molecule has 0 bridgehead atoms. The van der Waals surface area contributed by atoms with Crippen molar-refractivity contribution in [2.75, 3.05) is 17.6 Å². The van der Waals surface area contributed by atoms with Crippen molar-refractivity contribution in [1.29, 1.82) is 0 Å². The van der Waals surface area contributed by atoms with Crippen LogP contribution in [0.4, 0.5) is 15.9 Å². The number of hydrogen-bond donors (Lipinski definition) is 2. The van der Waals surface area contributed by atoms with E-state index in [0.717, 1.165) is 16.9 Å². The summed E-state index contributed by atoms with van der Waals surface area (Å²) in [6.45, 7) is 7.45. The minimum absolute atomic E-state index is 0.160. The highest BCUT2D eigenvalue weighted by Crippen LogP contribution is 2.33. The van der Waals surface area contributed by atoms with Gasteiger partial charge in [-0.3, -0.25) is 4.98 Å². The van der Waals surface area contributed by atoms with Gasteiger partial charge in [0, 0.05) is 55.4 Å². The molecule has 0 saturated heterocycles. The van der Waals surface area contributed by atoms with Gasteiger partial charge in [-0.2, -0.15) is 5.10 Å². The number of rotatable bonds is 9. The van der Waals surface area contributed by atoms with Gasteiger partial charge in [0.2, 0.25) is 5.88 Å². The number of aromatic nitrogens is 6. The smallest absolute Gasteiger partial charge is 0.223 e. The van der Waals surface area contributed by atoms with Crippen LogP contribution in [0.15, 0.2) is 42.9 Å². The molecule has 0 fully saturated rings. The van der Waals surface area contributed by atoms with E-state index in [0.29, 0.717) is 52.5 Å². The number of anilines is 2. The molecule has 0 spiro atoms. The fraction of sp³-hybridized carbons (Fsp3) is 0.346. The van der Waals surface area contributed by atoms with Crippen LogP contribution in [0.3, 0.4) is 0 Å². The Bertz CT molecular complexity index is 1380. The van der Waals surface area contributed by atoms with E-state index in [-0.39, 0.29) is 6.10 Å². The van der Waals surface area contributed by atoms with E-state index in [1.807, 2.05) is 20.9 Å². The summed E-state index contributed by atoms with van der Waals surface area (Å²) in [5.41, 5.74) is 8.57. The molecule has 4 heterocycles. The number of alkyl halides is 1. The van der Waals surface area contributed by atoms with Gasteiger partial charge in [-0.1, -0.05) is 17.7 Å². The van der Waals surface area contributed by atoms with Crippen LogP contribution in [0.2, 0.25) is 5.15 Å². The zero-order chi connectivity index (χ0) is 26.7. The molecule has 37 heavy (non-hydrogen) atoms. The van der Waals surface area contributed by atoms with Crippen LogP contribution in [-0.2, 0) is 12.7 Å². The second kappa shape index (κ2) is 10.7. The van der Waals surface area contributed by atoms with Gasteiger partial charge >= 0.3 is 0 Å². The van der Waals surface area contributed by atoms with Crippen LogP contribution in [-0.4, -0.2) is 42.4 Å². The standard InChI is InChI=1S/C26H30ClFN8O/c1-15(37-25-23(16(2)35-36(25)5)24-31-11-9-22(29)34-24)8-10-30-20-12-21(27)33-14-18(20)19-7-6-17(13-32-19)26(3,4)28/h6-7,9,11-15H,8,10H2,1-5H3,(H,30,33)(H2,29,31,34)/t15-/m1/s1. The van der Waals surface area contributed by atoms with Gasteiger partial charge in [0.05, 0.1) is 17.5 Å². The summed E-state index contributed by atoms with van der Waals surface area (Å²) < 4.78 is 22.2. The summed E-state index contributed by atoms with van der Waals surface area (Å²) in [5, 5.41) is 8.24. The number of halogens is 2. The highest BCUT2D eigenvalue weighted by Gasteiger charge is 2.22. The summed E-state index contributed by atoms with van der Waals surface area (Å²) >= 11 is 6.17. The first-order valence-corrected chi connectivity index (χ1v) is 12.2. The number of aryl methyl sites for hydroxylation is 2. The molecule has 1 atom stereocenters. The number of hydrogen-bond acceptors (Lipinski definition) is 8. The molecule has 0 saturated carbocycles. The minimum atomic E-state index is -1.47. The SMILES string of the molecule is Cc1nn(C)c(O[C@H](C)CCNc2cc(Cl)ncc2-c2ccc(C(C)(C)F)cn2)c1-c1nccc(N)n1. The lowest BCUT2D eigenvalue weighted by molar-refractivity contribution is 0.198. The van der Waals surface area contributed by atoms with Crippen LogP contribution in [0, 0.1) is 6.92 Å². The Morgan fingerprint density at radius 2 is 1.97 bits per heavy atom. The Kier molecular flexibility index (Phi) is 7.58. The van der Waals surface area contributed by atoms with Gasteiger partial charge in [0.1, 0.15) is 22.2 Å². The van der Waals surface area contributed by atoms with Gasteiger partial charge in [-0.25, -0.2) is 24.0 Å². The van der Waals surface area contributed by atoms with Crippen molar-refractivity contribution in [3.63, 3.8) is 0 Å². The van der Waals surface area contributed by atoms with Crippen molar-refractivity contribution in [3.8, 4) is 28.5 Å². The second-order valence-electron chi connectivity index (χ2n) is 9.30. The van der Waals surface area contributed by atoms with Crippen molar-refractivity contribution < 1.29 is 9.13 Å². The monoisotopic (exact) mass is 524 g/mol. The van der Waals surface area contributed by atoms with E-state index >= 15 is 0 Å². The molecule has 0 aliphatic carbocycles. The zero-order valence-corrected chi connectivity index (χ0v) is 22.2. The summed E-state index contributed by atoms with van der Waals surface area (Å²) in [6.07, 6.45) is 5.32. The molecule has 11 heteroatoms. The summed E-state index contributed by atoms with van der Waals surface area (Å²) in [7, 11) is 1.82. The fourth-order valence-corrected chi connectivity index (χ4v) is 4.03. The number of nitrogens with zero attached hydrogens (tertiary/aromatic N) is 6. The van der Waals surface area contributed by atoms with E-state index in [4.69, 9.17) is 22.1 Å². The van der Waals surface area contributed by atoms with Crippen LogP contribution in [0.5, 0.6) is 5.88 Å². The molecule has 9 nitrogen and oxygen atoms in total. The number of nitrogens with one attached hydrogen (secondary N) is 1. The first kappa shape index (κ1) is 26.3. The lowest BCUT2D eigenvalue weighted by Crippen LogP contribution is -2.19. The third-order valence-electron chi connectivity index (χ3n) is 5.85. The maximum absolute atomic E-state index is 14.2. The van der Waals surface area contributed by atoms with Crippen molar-refractivity contribution in [3.05, 3.63) is 59.3 Å². The third kappa shape index (κ3) is 6.14. The molecule has 0 unspecified atom stereocenters. The summed E-state index contributed by atoms with van der Waals surface area (Å²) in [6, 6.07) is 6.89. The number of nitrogens with two attached hydrogens (primary N) is 1. The lowest BCUT2D eigenvalue weighted by Gasteiger charge is -2.18. The Morgan fingerprint density at radius 3 is 2.65 bits per heavy atom. The molecular formula is C26H30ClFN8O. The first-order valence-electron chi connectivity index (χ1n) is 11.9. The van der Waals surface area contributed by atoms with Gasteiger partial charge in [0.25, 0.3) is 0 Å². The summed E-state index contributed by atoms with van der Waals surface area (Å²) in [5.74, 6) is 1.42. The molecule has 0 aliphatic heterocycles. The highest BCUT2D eigenvalue weighted by atomic mass is 35.5. The van der Waals surface area contributed by atoms with Gasteiger partial charge in [-0.15, -0.1) is 0 Å². The molecule has 0 aliphatic rings. The zero-order valence-electron chi connectivity index (χ0n) is 21.5. The van der Waals surface area contributed by atoms with Crippen LogP contribution in [0.25, 0.3) is 22.6 Å². The molecule has 4 rings (SSSR count). The third-order valence-corrected chi connectivity index (χ3v) is 6.05. The van der Waals surface area contributed by atoms with Crippen molar-refractivity contribution in [2.45, 2.75) is 45.9 Å². The maximum Gasteiger partial charge on any atom is 0.223 e. The van der Waals surface area contributed by atoms with E-state index in [1.54, 1.807) is 47.5 Å². The average Bonchev–Trinajstić information content (AvgIpc) is 3.11. The van der Waals surface area contributed by atoms with Crippen LogP contribution >= 0.6 is 11.6 Å². The second-order valence-corrected chi connectivity index (χ2v) is 9.68. The lowest BCUT2D eigenvalue weighted by atomic mass is 10.0. The quantitative estimate of drug-likeness (QED) is 0.281. The minimum Gasteiger partial charge on any atom is -0.474 e. The normalized spacial score (nSPS) is 12.4. The molecular weight excluding hydrogens is 495 g/mol. The molecule has 0 amide bonds. The maximum atomic E-state index is 14.2. The van der Waals surface area contributed by atoms with Crippen molar-refractivity contribution >= 4 is 23.1 Å². The van der Waals surface area contributed by atoms with Gasteiger partial charge in [-0.05, 0) is 45.9 Å². The molecule has 194 valence electrons. The van der Waals surface area contributed by atoms with Crippen molar-refractivity contribution in [2.24, 2.45) is 7.05 Å². The fourth-order valence-electron chi connectivity index (χ4n) is 3.87. The predicted molar refractivity (Wildman–Crippen MR) is 143 cm³/mol. The average molecular weight is 525 g/mol. The summed E-state index contributed by atoms with van der Waals surface area (Å²) in [4.78, 5) is 17.3. The first-order chi connectivity index (χ1) is 17.5. The van der Waals surface area contributed by atoms with E-state index in [2.05, 4.69) is 30.4 Å². The van der Waals surface area contributed by atoms with Crippen LogP contribution < -0.4 is 15.8 Å². The molecule has 0 aromatic carbocycles. The van der Waals surface area contributed by atoms with E-state index in [1.165, 1.54) is 13.8 Å². The van der Waals surface area contributed by atoms with Gasteiger partial charge in [0.15, 0.2) is 5.82 Å². The van der Waals surface area contributed by atoms with Crippen molar-refractivity contribution in [1.82, 2.24) is 29.7 Å². The molecule has 0 radical (unpaired) electrons. The Balaban J connectivity index is 1.46. The van der Waals surface area contributed by atoms with Gasteiger partial charge < -0.3 is 15.8 Å². The topological polar surface area (TPSA) is 117 Å². The van der Waals surface area contributed by atoms with Crippen LogP contribution in [0.1, 0.15) is 38.4 Å². The molecule has 3 N–H and O–H groups in total. The number of pyridine rings is 2.